The van der Waals surface area contributed by atoms with Gasteiger partial charge in [0.1, 0.15) is 0 Å². The number of fused-ring (bicyclic) bond motifs is 1. The van der Waals surface area contributed by atoms with E-state index >= 15 is 0 Å². The summed E-state index contributed by atoms with van der Waals surface area (Å²) < 4.78 is 1.63. The summed E-state index contributed by atoms with van der Waals surface area (Å²) in [4.78, 5) is 22.3. The minimum Gasteiger partial charge on any atom is -0.269 e. The molecule has 94 valence electrons. The summed E-state index contributed by atoms with van der Waals surface area (Å²) in [6.45, 7) is 0. The number of pyridine rings is 1. The van der Waals surface area contributed by atoms with Crippen molar-refractivity contribution in [2.24, 2.45) is 0 Å². The highest BCUT2D eigenvalue weighted by atomic mass is 32.1. The van der Waals surface area contributed by atoms with Crippen LogP contribution >= 0.6 is 11.3 Å². The Morgan fingerprint density at radius 2 is 2.11 bits per heavy atom. The molecule has 2 unspecified atom stereocenters. The van der Waals surface area contributed by atoms with Gasteiger partial charge in [-0.25, -0.2) is 4.98 Å². The zero-order valence-electron chi connectivity index (χ0n) is 10.1. The van der Waals surface area contributed by atoms with E-state index in [9.17, 15) is 4.79 Å². The van der Waals surface area contributed by atoms with Crippen LogP contribution in [0.25, 0.3) is 4.96 Å². The Morgan fingerprint density at radius 3 is 2.89 bits per heavy atom. The van der Waals surface area contributed by atoms with Crippen molar-refractivity contribution >= 4 is 16.3 Å². The summed E-state index contributed by atoms with van der Waals surface area (Å²) in [6.07, 6.45) is 6.45. The molecule has 3 aromatic heterocycles. The first kappa shape index (κ1) is 10.9. The molecule has 1 saturated carbocycles. The maximum Gasteiger partial charge on any atom is 0.258 e. The molecule has 0 N–H and O–H groups in total. The van der Waals surface area contributed by atoms with E-state index in [1.165, 1.54) is 10.9 Å². The summed E-state index contributed by atoms with van der Waals surface area (Å²) in [7, 11) is 0. The molecule has 0 spiro atoms. The highest BCUT2D eigenvalue weighted by molar-refractivity contribution is 7.17. The summed E-state index contributed by atoms with van der Waals surface area (Å²) in [5.41, 5.74) is 1.13. The van der Waals surface area contributed by atoms with Crippen molar-refractivity contribution in [3.63, 3.8) is 0 Å². The normalized spacial score (nSPS) is 21.7. The first-order valence-corrected chi connectivity index (χ1v) is 7.02. The molecule has 0 aromatic carbocycles. The smallest absolute Gasteiger partial charge is 0.258 e. The zero-order chi connectivity index (χ0) is 12.8. The van der Waals surface area contributed by atoms with Gasteiger partial charge < -0.3 is 0 Å². The van der Waals surface area contributed by atoms with Gasteiger partial charge in [0.05, 0.1) is 0 Å². The van der Waals surface area contributed by atoms with Crippen LogP contribution in [-0.4, -0.2) is 14.4 Å². The third-order valence-corrected chi connectivity index (χ3v) is 4.66. The molecule has 1 fully saturated rings. The largest absolute Gasteiger partial charge is 0.269 e. The fourth-order valence-corrected chi connectivity index (χ4v) is 3.59. The van der Waals surface area contributed by atoms with Gasteiger partial charge in [-0.15, -0.1) is 11.3 Å². The highest BCUT2D eigenvalue weighted by Gasteiger charge is 2.41. The second kappa shape index (κ2) is 3.99. The first-order valence-electron chi connectivity index (χ1n) is 6.21. The molecule has 0 aliphatic heterocycles. The standard InChI is InChI=1S/C14H11N3OS/c18-13-4-6-16-14-17(13)8-12(19-14)10-7-9(10)11-3-1-2-5-15-11/h1-6,8-10H,7H2. The minimum absolute atomic E-state index is 0.0115. The Labute approximate surface area is 113 Å². The van der Waals surface area contributed by atoms with E-state index in [4.69, 9.17) is 0 Å². The molecule has 1 aliphatic rings. The third kappa shape index (κ3) is 1.77. The van der Waals surface area contributed by atoms with Crippen LogP contribution in [0.5, 0.6) is 0 Å². The second-order valence-electron chi connectivity index (χ2n) is 4.77. The van der Waals surface area contributed by atoms with Gasteiger partial charge in [0.25, 0.3) is 5.56 Å². The summed E-state index contributed by atoms with van der Waals surface area (Å²) in [6, 6.07) is 7.52. The van der Waals surface area contributed by atoms with Crippen molar-refractivity contribution in [1.29, 1.82) is 0 Å². The van der Waals surface area contributed by atoms with Crippen molar-refractivity contribution in [3.05, 3.63) is 63.8 Å². The van der Waals surface area contributed by atoms with Crippen LogP contribution < -0.4 is 5.56 Å². The number of nitrogens with zero attached hydrogens (tertiary/aromatic N) is 3. The number of aromatic nitrogens is 3. The van der Waals surface area contributed by atoms with E-state index in [2.05, 4.69) is 16.0 Å². The maximum atomic E-state index is 11.7. The lowest BCUT2D eigenvalue weighted by atomic mass is 10.2. The Morgan fingerprint density at radius 1 is 1.16 bits per heavy atom. The van der Waals surface area contributed by atoms with Crippen LogP contribution in [0, 0.1) is 0 Å². The summed E-state index contributed by atoms with van der Waals surface area (Å²) in [5, 5.41) is 0. The average molecular weight is 269 g/mol. The molecule has 4 nitrogen and oxygen atoms in total. The Hall–Kier alpha value is -2.01. The number of thiazole rings is 1. The predicted octanol–water partition coefficient (Wildman–Crippen LogP) is 2.42. The van der Waals surface area contributed by atoms with Gasteiger partial charge in [0, 0.05) is 47.1 Å². The van der Waals surface area contributed by atoms with Crippen LogP contribution in [0.1, 0.15) is 28.8 Å². The zero-order valence-corrected chi connectivity index (χ0v) is 10.9. The molecular formula is C14H11N3OS. The number of hydrogen-bond donors (Lipinski definition) is 0. The van der Waals surface area contributed by atoms with Crippen molar-refractivity contribution in [1.82, 2.24) is 14.4 Å². The molecule has 3 aromatic rings. The van der Waals surface area contributed by atoms with Gasteiger partial charge in [-0.1, -0.05) is 6.07 Å². The van der Waals surface area contributed by atoms with Crippen molar-refractivity contribution < 1.29 is 0 Å². The molecule has 4 rings (SSSR count). The van der Waals surface area contributed by atoms with Crippen LogP contribution in [0.3, 0.4) is 0 Å². The van der Waals surface area contributed by atoms with Gasteiger partial charge >= 0.3 is 0 Å². The predicted molar refractivity (Wildman–Crippen MR) is 73.7 cm³/mol. The highest BCUT2D eigenvalue weighted by Crippen LogP contribution is 2.55. The molecule has 5 heteroatoms. The maximum absolute atomic E-state index is 11.7. The number of rotatable bonds is 2. The van der Waals surface area contributed by atoms with Crippen molar-refractivity contribution in [2.45, 2.75) is 18.3 Å². The minimum atomic E-state index is -0.0115. The molecule has 19 heavy (non-hydrogen) atoms. The third-order valence-electron chi connectivity index (χ3n) is 3.53. The van der Waals surface area contributed by atoms with E-state index in [0.29, 0.717) is 11.8 Å². The molecule has 0 amide bonds. The molecule has 3 heterocycles. The van der Waals surface area contributed by atoms with Gasteiger partial charge in [-0.05, 0) is 18.6 Å². The fourth-order valence-electron chi connectivity index (χ4n) is 2.46. The van der Waals surface area contributed by atoms with Crippen molar-refractivity contribution in [3.8, 4) is 0 Å². The molecular weight excluding hydrogens is 258 g/mol. The molecule has 2 atom stereocenters. The topological polar surface area (TPSA) is 47.3 Å². The fraction of sp³-hybridized carbons (Fsp3) is 0.214. The first-order chi connectivity index (χ1) is 9.33. The van der Waals surface area contributed by atoms with Crippen LogP contribution in [0.2, 0.25) is 0 Å². The quantitative estimate of drug-likeness (QED) is 0.718. The van der Waals surface area contributed by atoms with E-state index in [0.717, 1.165) is 17.1 Å². The van der Waals surface area contributed by atoms with E-state index < -0.39 is 0 Å². The Kier molecular flexibility index (Phi) is 2.29. The lowest BCUT2D eigenvalue weighted by Gasteiger charge is -1.96. The second-order valence-corrected chi connectivity index (χ2v) is 5.81. The van der Waals surface area contributed by atoms with Gasteiger partial charge in [-0.2, -0.15) is 0 Å². The average Bonchev–Trinajstić information content (AvgIpc) is 3.12. The van der Waals surface area contributed by atoms with Gasteiger partial charge in [0.2, 0.25) is 0 Å². The SMILES string of the molecule is O=c1ccnc2sc(C3CC3c3ccccn3)cn12. The monoisotopic (exact) mass is 269 g/mol. The van der Waals surface area contributed by atoms with Gasteiger partial charge in [0.15, 0.2) is 4.96 Å². The lowest BCUT2D eigenvalue weighted by molar-refractivity contribution is 0.968. The lowest BCUT2D eigenvalue weighted by Crippen LogP contribution is -2.09. The Balaban J connectivity index is 1.70. The van der Waals surface area contributed by atoms with Crippen molar-refractivity contribution in [2.75, 3.05) is 0 Å². The van der Waals surface area contributed by atoms with Crippen LogP contribution in [-0.2, 0) is 0 Å². The molecule has 0 radical (unpaired) electrons. The summed E-state index contributed by atoms with van der Waals surface area (Å²) >= 11 is 1.60. The van der Waals surface area contributed by atoms with E-state index in [-0.39, 0.29) is 5.56 Å². The Bertz CT molecular complexity index is 793. The van der Waals surface area contributed by atoms with E-state index in [1.807, 2.05) is 24.5 Å². The molecule has 1 aliphatic carbocycles. The molecule has 0 saturated heterocycles. The summed E-state index contributed by atoms with van der Waals surface area (Å²) in [5.74, 6) is 0.978. The van der Waals surface area contributed by atoms with Crippen LogP contribution in [0.15, 0.2) is 47.7 Å². The number of hydrogen-bond acceptors (Lipinski definition) is 4. The van der Waals surface area contributed by atoms with E-state index in [1.54, 1.807) is 21.9 Å². The molecule has 0 bridgehead atoms. The van der Waals surface area contributed by atoms with Crippen LogP contribution in [0.4, 0.5) is 0 Å². The van der Waals surface area contributed by atoms with Gasteiger partial charge in [-0.3, -0.25) is 14.2 Å².